The molecule has 1 N–H and O–H groups in total. The maximum atomic E-state index is 13.2. The highest BCUT2D eigenvalue weighted by Crippen LogP contribution is 2.34. The molecule has 0 aromatic heterocycles. The van der Waals surface area contributed by atoms with Crippen LogP contribution in [0.2, 0.25) is 0 Å². The third-order valence-electron chi connectivity index (χ3n) is 2.72. The van der Waals surface area contributed by atoms with Crippen molar-refractivity contribution in [2.45, 2.75) is 31.8 Å². The van der Waals surface area contributed by atoms with Gasteiger partial charge in [-0.25, -0.2) is 4.39 Å². The third-order valence-corrected chi connectivity index (χ3v) is 2.72. The Bertz CT molecular complexity index is 307. The zero-order valence-electron chi connectivity index (χ0n) is 8.12. The molecule has 0 amide bonds. The van der Waals surface area contributed by atoms with Gasteiger partial charge in [-0.3, -0.25) is 0 Å². The van der Waals surface area contributed by atoms with Crippen molar-refractivity contribution >= 4 is 0 Å². The van der Waals surface area contributed by atoms with E-state index < -0.39 is 0 Å². The van der Waals surface area contributed by atoms with Crippen molar-refractivity contribution in [1.82, 2.24) is 0 Å². The molecule has 76 valence electrons. The molecular formula is C12H15FO. The van der Waals surface area contributed by atoms with Gasteiger partial charge in [-0.2, -0.15) is 0 Å². The van der Waals surface area contributed by atoms with Crippen LogP contribution >= 0.6 is 0 Å². The molecule has 1 aliphatic rings. The minimum atomic E-state index is -0.376. The first kappa shape index (κ1) is 9.66. The second-order valence-corrected chi connectivity index (χ2v) is 4.13. The largest absolute Gasteiger partial charge is 0.393 e. The molecule has 0 bridgehead atoms. The Hall–Kier alpha value is -0.890. The molecule has 2 rings (SSSR count). The van der Waals surface area contributed by atoms with Gasteiger partial charge in [-0.1, -0.05) is 31.0 Å². The van der Waals surface area contributed by atoms with Crippen LogP contribution < -0.4 is 0 Å². The molecule has 1 saturated carbocycles. The molecule has 0 aliphatic heterocycles. The van der Waals surface area contributed by atoms with E-state index in [0.29, 0.717) is 17.9 Å². The predicted octanol–water partition coefficient (Wildman–Crippen LogP) is 2.53. The summed E-state index contributed by atoms with van der Waals surface area (Å²) in [6, 6.07) is 6.67. The Morgan fingerprint density at radius 2 is 2.07 bits per heavy atom. The minimum absolute atomic E-state index is 0.206. The Morgan fingerprint density at radius 3 is 2.71 bits per heavy atom. The summed E-state index contributed by atoms with van der Waals surface area (Å²) in [6.07, 6.45) is 3.36. The molecule has 1 fully saturated rings. The number of benzene rings is 1. The summed E-state index contributed by atoms with van der Waals surface area (Å²) in [5.41, 5.74) is 0.626. The summed E-state index contributed by atoms with van der Waals surface area (Å²) in [7, 11) is 0. The van der Waals surface area contributed by atoms with E-state index in [1.165, 1.54) is 18.9 Å². The summed E-state index contributed by atoms with van der Waals surface area (Å²) in [4.78, 5) is 0. The standard InChI is InChI=1S/C12H15FO/c13-12-4-2-1-3-10(12)8-11(14)7-9-5-6-9/h1-4,9,11,14H,5-8H2. The van der Waals surface area contributed by atoms with E-state index >= 15 is 0 Å². The fraction of sp³-hybridized carbons (Fsp3) is 0.500. The normalized spacial score (nSPS) is 18.1. The number of aliphatic hydroxyl groups is 1. The number of halogens is 1. The molecule has 0 spiro atoms. The Labute approximate surface area is 83.6 Å². The average Bonchev–Trinajstić information content (AvgIpc) is 2.93. The van der Waals surface area contributed by atoms with E-state index in [9.17, 15) is 9.50 Å². The first-order chi connectivity index (χ1) is 6.75. The van der Waals surface area contributed by atoms with Crippen molar-refractivity contribution in [3.63, 3.8) is 0 Å². The van der Waals surface area contributed by atoms with E-state index in [0.717, 1.165) is 6.42 Å². The summed E-state index contributed by atoms with van der Waals surface area (Å²) >= 11 is 0. The van der Waals surface area contributed by atoms with Gasteiger partial charge in [0.2, 0.25) is 0 Å². The number of hydrogen-bond donors (Lipinski definition) is 1. The Kier molecular flexibility index (Phi) is 2.82. The zero-order valence-corrected chi connectivity index (χ0v) is 8.12. The Morgan fingerprint density at radius 1 is 1.36 bits per heavy atom. The van der Waals surface area contributed by atoms with Crippen molar-refractivity contribution in [3.8, 4) is 0 Å². The summed E-state index contributed by atoms with van der Waals surface area (Å²) < 4.78 is 13.2. The van der Waals surface area contributed by atoms with Gasteiger partial charge in [0, 0.05) is 6.42 Å². The fourth-order valence-electron chi connectivity index (χ4n) is 1.74. The molecule has 1 aromatic carbocycles. The van der Waals surface area contributed by atoms with Crippen LogP contribution in [0.3, 0.4) is 0 Å². The molecule has 1 atom stereocenters. The van der Waals surface area contributed by atoms with Crippen molar-refractivity contribution in [1.29, 1.82) is 0 Å². The van der Waals surface area contributed by atoms with Crippen LogP contribution in [0.25, 0.3) is 0 Å². The summed E-state index contributed by atoms with van der Waals surface area (Å²) in [5.74, 6) is 0.485. The maximum Gasteiger partial charge on any atom is 0.126 e. The first-order valence-corrected chi connectivity index (χ1v) is 5.17. The highest BCUT2D eigenvalue weighted by atomic mass is 19.1. The van der Waals surface area contributed by atoms with Gasteiger partial charge < -0.3 is 5.11 Å². The van der Waals surface area contributed by atoms with Crippen LogP contribution in [0.15, 0.2) is 24.3 Å². The smallest absolute Gasteiger partial charge is 0.126 e. The van der Waals surface area contributed by atoms with Gasteiger partial charge in [0.15, 0.2) is 0 Å². The molecule has 1 aliphatic carbocycles. The van der Waals surface area contributed by atoms with Crippen LogP contribution in [0.4, 0.5) is 4.39 Å². The van der Waals surface area contributed by atoms with Gasteiger partial charge >= 0.3 is 0 Å². The highest BCUT2D eigenvalue weighted by molar-refractivity contribution is 5.18. The lowest BCUT2D eigenvalue weighted by Crippen LogP contribution is -2.12. The van der Waals surface area contributed by atoms with Gasteiger partial charge in [-0.15, -0.1) is 0 Å². The second kappa shape index (κ2) is 4.09. The average molecular weight is 194 g/mol. The van der Waals surface area contributed by atoms with Crippen LogP contribution in [-0.4, -0.2) is 11.2 Å². The van der Waals surface area contributed by atoms with Gasteiger partial charge in [-0.05, 0) is 24.0 Å². The van der Waals surface area contributed by atoms with Crippen molar-refractivity contribution in [2.75, 3.05) is 0 Å². The minimum Gasteiger partial charge on any atom is -0.393 e. The molecule has 2 heteroatoms. The fourth-order valence-corrected chi connectivity index (χ4v) is 1.74. The molecule has 0 radical (unpaired) electrons. The van der Waals surface area contributed by atoms with Gasteiger partial charge in [0.05, 0.1) is 6.10 Å². The van der Waals surface area contributed by atoms with E-state index in [1.807, 2.05) is 6.07 Å². The lowest BCUT2D eigenvalue weighted by Gasteiger charge is -2.10. The highest BCUT2D eigenvalue weighted by Gasteiger charge is 2.24. The molecular weight excluding hydrogens is 179 g/mol. The van der Waals surface area contributed by atoms with E-state index in [-0.39, 0.29) is 11.9 Å². The molecule has 0 saturated heterocycles. The number of hydrogen-bond acceptors (Lipinski definition) is 1. The zero-order chi connectivity index (χ0) is 9.97. The lowest BCUT2D eigenvalue weighted by molar-refractivity contribution is 0.157. The van der Waals surface area contributed by atoms with E-state index in [2.05, 4.69) is 0 Å². The molecule has 14 heavy (non-hydrogen) atoms. The maximum absolute atomic E-state index is 13.2. The SMILES string of the molecule is OC(Cc1ccccc1F)CC1CC1. The summed E-state index contributed by atoms with van der Waals surface area (Å²) in [5, 5.41) is 9.67. The van der Waals surface area contributed by atoms with Crippen molar-refractivity contribution < 1.29 is 9.50 Å². The molecule has 1 nitrogen and oxygen atoms in total. The summed E-state index contributed by atoms with van der Waals surface area (Å²) in [6.45, 7) is 0. The second-order valence-electron chi connectivity index (χ2n) is 4.13. The van der Waals surface area contributed by atoms with Crippen LogP contribution in [-0.2, 0) is 6.42 Å². The van der Waals surface area contributed by atoms with Crippen LogP contribution in [0.1, 0.15) is 24.8 Å². The molecule has 1 unspecified atom stereocenters. The van der Waals surface area contributed by atoms with Crippen LogP contribution in [0, 0.1) is 11.7 Å². The number of rotatable bonds is 4. The third kappa shape index (κ3) is 2.55. The number of aliphatic hydroxyl groups excluding tert-OH is 1. The van der Waals surface area contributed by atoms with Crippen LogP contribution in [0.5, 0.6) is 0 Å². The lowest BCUT2D eigenvalue weighted by atomic mass is 10.0. The molecule has 1 aromatic rings. The van der Waals surface area contributed by atoms with Crippen molar-refractivity contribution in [3.05, 3.63) is 35.6 Å². The first-order valence-electron chi connectivity index (χ1n) is 5.17. The Balaban J connectivity index is 1.91. The van der Waals surface area contributed by atoms with Crippen molar-refractivity contribution in [2.24, 2.45) is 5.92 Å². The monoisotopic (exact) mass is 194 g/mol. The molecule has 0 heterocycles. The predicted molar refractivity (Wildman–Crippen MR) is 53.5 cm³/mol. The van der Waals surface area contributed by atoms with Gasteiger partial charge in [0.1, 0.15) is 5.82 Å². The van der Waals surface area contributed by atoms with E-state index in [1.54, 1.807) is 12.1 Å². The van der Waals surface area contributed by atoms with E-state index in [4.69, 9.17) is 0 Å². The quantitative estimate of drug-likeness (QED) is 0.781. The van der Waals surface area contributed by atoms with Gasteiger partial charge in [0.25, 0.3) is 0 Å². The topological polar surface area (TPSA) is 20.2 Å².